The Hall–Kier alpha value is -0.120. The van der Waals surface area contributed by atoms with E-state index >= 15 is 0 Å². The van der Waals surface area contributed by atoms with Gasteiger partial charge in [0.1, 0.15) is 0 Å². The summed E-state index contributed by atoms with van der Waals surface area (Å²) in [5.74, 6) is 0.896. The van der Waals surface area contributed by atoms with E-state index in [0.29, 0.717) is 6.17 Å². The minimum absolute atomic E-state index is 0.631. The Morgan fingerprint density at radius 1 is 0.929 bits per heavy atom. The number of piperidine rings is 3. The minimum Gasteiger partial charge on any atom is -0.379 e. The molecule has 79 valence electrons. The second-order valence-electron chi connectivity index (χ2n) is 4.63. The maximum absolute atomic E-state index is 5.40. The lowest BCUT2D eigenvalue weighted by atomic mass is 9.85. The maximum Gasteiger partial charge on any atom is 0.0659 e. The zero-order valence-corrected chi connectivity index (χ0v) is 8.69. The van der Waals surface area contributed by atoms with Gasteiger partial charge in [0, 0.05) is 13.1 Å². The molecular weight excluding hydrogens is 176 g/mol. The number of fused-ring (bicyclic) bond motifs is 3. The fraction of sp³-hybridized carbons (Fsp3) is 0.909. The Morgan fingerprint density at radius 3 is 2.14 bits per heavy atom. The first-order chi connectivity index (χ1) is 6.93. The van der Waals surface area contributed by atoms with Crippen LogP contribution in [0.4, 0.5) is 0 Å². The van der Waals surface area contributed by atoms with Gasteiger partial charge in [-0.3, -0.25) is 9.80 Å². The summed E-state index contributed by atoms with van der Waals surface area (Å²) in [6.07, 6.45) is 5.98. The fourth-order valence-corrected chi connectivity index (χ4v) is 2.94. The fourth-order valence-electron chi connectivity index (χ4n) is 2.94. The van der Waals surface area contributed by atoms with Crippen LogP contribution >= 0.6 is 0 Å². The largest absolute Gasteiger partial charge is 0.379 e. The van der Waals surface area contributed by atoms with E-state index in [9.17, 15) is 0 Å². The van der Waals surface area contributed by atoms with Crippen LogP contribution in [0.15, 0.2) is 0 Å². The smallest absolute Gasteiger partial charge is 0.0659 e. The third-order valence-electron chi connectivity index (χ3n) is 3.81. The number of hydrogen-bond acceptors (Lipinski definition) is 3. The summed E-state index contributed by atoms with van der Waals surface area (Å²) in [7, 11) is 0. The summed E-state index contributed by atoms with van der Waals surface area (Å²) in [6, 6.07) is 0. The summed E-state index contributed by atoms with van der Waals surface area (Å²) in [6.45, 7) is 6.69. The monoisotopic (exact) mass is 195 g/mol. The van der Waals surface area contributed by atoms with Gasteiger partial charge in [0.15, 0.2) is 0 Å². The Kier molecular flexibility index (Phi) is 2.48. The molecule has 0 aromatic carbocycles. The van der Waals surface area contributed by atoms with Crippen LogP contribution in [0.1, 0.15) is 12.8 Å². The van der Waals surface area contributed by atoms with Gasteiger partial charge in [-0.2, -0.15) is 0 Å². The predicted molar refractivity (Wildman–Crippen MR) is 54.8 cm³/mol. The predicted octanol–water partition coefficient (Wildman–Crippen LogP) is 0.575. The van der Waals surface area contributed by atoms with Crippen molar-refractivity contribution >= 4 is 0 Å². The Balaban J connectivity index is 1.66. The molecule has 0 amide bonds. The second-order valence-corrected chi connectivity index (χ2v) is 4.63. The van der Waals surface area contributed by atoms with Crippen LogP contribution in [-0.2, 0) is 4.74 Å². The van der Waals surface area contributed by atoms with Crippen molar-refractivity contribution in [3.8, 4) is 0 Å². The normalized spacial score (nSPS) is 44.1. The van der Waals surface area contributed by atoms with Crippen LogP contribution in [0, 0.1) is 12.3 Å². The molecule has 1 atom stereocenters. The lowest BCUT2D eigenvalue weighted by Crippen LogP contribution is -2.59. The summed E-state index contributed by atoms with van der Waals surface area (Å²) in [5.41, 5.74) is 0. The van der Waals surface area contributed by atoms with Gasteiger partial charge in [-0.1, -0.05) is 0 Å². The molecule has 0 spiro atoms. The van der Waals surface area contributed by atoms with Gasteiger partial charge >= 0.3 is 0 Å². The zero-order valence-electron chi connectivity index (χ0n) is 8.69. The second kappa shape index (κ2) is 3.80. The van der Waals surface area contributed by atoms with E-state index in [-0.39, 0.29) is 0 Å². The molecule has 0 aliphatic carbocycles. The Bertz CT molecular complexity index is 195. The van der Waals surface area contributed by atoms with E-state index in [0.717, 1.165) is 32.2 Å². The van der Waals surface area contributed by atoms with Crippen LogP contribution in [0.3, 0.4) is 0 Å². The van der Waals surface area contributed by atoms with Crippen molar-refractivity contribution in [1.82, 2.24) is 9.80 Å². The van der Waals surface area contributed by atoms with Crippen LogP contribution in [0.5, 0.6) is 0 Å². The first-order valence-electron chi connectivity index (χ1n) is 5.84. The van der Waals surface area contributed by atoms with Crippen molar-refractivity contribution in [3.05, 3.63) is 6.42 Å². The summed E-state index contributed by atoms with van der Waals surface area (Å²) in [4.78, 5) is 5.21. The number of ether oxygens (including phenoxy) is 1. The number of hydrogen-bond donors (Lipinski definition) is 0. The lowest BCUT2D eigenvalue weighted by molar-refractivity contribution is -0.0524. The summed E-state index contributed by atoms with van der Waals surface area (Å²) < 4.78 is 5.40. The van der Waals surface area contributed by atoms with Crippen molar-refractivity contribution in [1.29, 1.82) is 0 Å². The third kappa shape index (κ3) is 1.58. The molecule has 3 nitrogen and oxygen atoms in total. The number of nitrogens with zero attached hydrogens (tertiary/aromatic N) is 2. The summed E-state index contributed by atoms with van der Waals surface area (Å²) >= 11 is 0. The lowest BCUT2D eigenvalue weighted by Gasteiger charge is -2.50. The Labute approximate surface area is 86.0 Å². The van der Waals surface area contributed by atoms with E-state index in [2.05, 4.69) is 16.2 Å². The average Bonchev–Trinajstić information content (AvgIpc) is 2.32. The van der Waals surface area contributed by atoms with Crippen LogP contribution in [0.2, 0.25) is 0 Å². The zero-order chi connectivity index (χ0) is 9.38. The molecule has 0 N–H and O–H groups in total. The van der Waals surface area contributed by atoms with Crippen molar-refractivity contribution in [2.75, 3.05) is 39.4 Å². The van der Waals surface area contributed by atoms with Gasteiger partial charge < -0.3 is 4.74 Å². The van der Waals surface area contributed by atoms with Gasteiger partial charge in [-0.25, -0.2) is 0 Å². The highest BCUT2D eigenvalue weighted by Crippen LogP contribution is 2.32. The molecule has 4 fully saturated rings. The highest BCUT2D eigenvalue weighted by molar-refractivity contribution is 5.00. The van der Waals surface area contributed by atoms with Gasteiger partial charge in [-0.05, 0) is 38.3 Å². The minimum atomic E-state index is 0.631. The SMILES string of the molecule is [CH]1C2CCN(CC2)C1N1CCOCC1. The van der Waals surface area contributed by atoms with E-state index in [1.54, 1.807) is 0 Å². The molecule has 2 bridgehead atoms. The molecule has 4 aliphatic rings. The number of morpholine rings is 1. The average molecular weight is 195 g/mol. The van der Waals surface area contributed by atoms with E-state index in [1.165, 1.54) is 25.9 Å². The molecule has 0 saturated carbocycles. The van der Waals surface area contributed by atoms with Gasteiger partial charge in [0.2, 0.25) is 0 Å². The van der Waals surface area contributed by atoms with Crippen molar-refractivity contribution < 1.29 is 4.74 Å². The first kappa shape index (κ1) is 9.13. The highest BCUT2D eigenvalue weighted by Gasteiger charge is 2.37. The van der Waals surface area contributed by atoms with Crippen LogP contribution in [0.25, 0.3) is 0 Å². The van der Waals surface area contributed by atoms with Gasteiger partial charge in [0.05, 0.1) is 19.4 Å². The maximum atomic E-state index is 5.40. The topological polar surface area (TPSA) is 15.7 Å². The summed E-state index contributed by atoms with van der Waals surface area (Å²) in [5, 5.41) is 0. The van der Waals surface area contributed by atoms with E-state index in [1.807, 2.05) is 0 Å². The number of rotatable bonds is 1. The Morgan fingerprint density at radius 2 is 1.57 bits per heavy atom. The van der Waals surface area contributed by atoms with E-state index < -0.39 is 0 Å². The standard InChI is InChI=1S/C11H19N2O/c1-3-12-4-2-10(1)9-11(12)13-5-7-14-8-6-13/h9-11H,1-8H2. The molecular formula is C11H19N2O. The van der Waals surface area contributed by atoms with Crippen molar-refractivity contribution in [2.24, 2.45) is 5.92 Å². The molecule has 0 aromatic rings. The molecule has 0 aromatic heterocycles. The van der Waals surface area contributed by atoms with Gasteiger partial charge in [0.25, 0.3) is 0 Å². The molecule has 4 rings (SSSR count). The van der Waals surface area contributed by atoms with Crippen LogP contribution < -0.4 is 0 Å². The molecule has 1 radical (unpaired) electrons. The molecule has 4 saturated heterocycles. The third-order valence-corrected chi connectivity index (χ3v) is 3.81. The molecule has 3 heteroatoms. The molecule has 14 heavy (non-hydrogen) atoms. The van der Waals surface area contributed by atoms with Gasteiger partial charge in [-0.15, -0.1) is 0 Å². The highest BCUT2D eigenvalue weighted by atomic mass is 16.5. The molecule has 4 aliphatic heterocycles. The first-order valence-corrected chi connectivity index (χ1v) is 5.84. The van der Waals surface area contributed by atoms with E-state index in [4.69, 9.17) is 4.74 Å². The van der Waals surface area contributed by atoms with Crippen molar-refractivity contribution in [2.45, 2.75) is 19.0 Å². The van der Waals surface area contributed by atoms with Crippen molar-refractivity contribution in [3.63, 3.8) is 0 Å². The molecule has 1 unspecified atom stereocenters. The van der Waals surface area contributed by atoms with Crippen LogP contribution in [-0.4, -0.2) is 55.4 Å². The quantitative estimate of drug-likeness (QED) is 0.608. The molecule has 4 heterocycles.